The lowest BCUT2D eigenvalue weighted by Crippen LogP contribution is -2.43. The average Bonchev–Trinajstić information content (AvgIpc) is 2.42. The first-order valence-electron chi connectivity index (χ1n) is 5.75. The van der Waals surface area contributed by atoms with Crippen LogP contribution in [0.2, 0.25) is 0 Å². The zero-order chi connectivity index (χ0) is 10.4. The minimum absolute atomic E-state index is 0.584. The third-order valence-electron chi connectivity index (χ3n) is 2.70. The van der Waals surface area contributed by atoms with Gasteiger partial charge in [-0.15, -0.1) is 0 Å². The Morgan fingerprint density at radius 2 is 2.00 bits per heavy atom. The predicted octanol–water partition coefficient (Wildman–Crippen LogP) is 1.10. The smallest absolute Gasteiger partial charge is 0.0593 e. The van der Waals surface area contributed by atoms with E-state index in [-0.39, 0.29) is 0 Å². The standard InChI is InChI=1S/C11H24N2O/c1-10(2)12-9-11(3)13-5-4-7-14-8-6-13/h10-12H,4-9H2,1-3H3. The molecule has 1 aliphatic rings. The lowest BCUT2D eigenvalue weighted by atomic mass is 10.2. The molecule has 0 saturated carbocycles. The van der Waals surface area contributed by atoms with Crippen molar-refractivity contribution in [1.29, 1.82) is 0 Å². The molecular weight excluding hydrogens is 176 g/mol. The first kappa shape index (κ1) is 12.0. The normalized spacial score (nSPS) is 22.3. The molecule has 1 N–H and O–H groups in total. The molecule has 3 nitrogen and oxygen atoms in total. The maximum Gasteiger partial charge on any atom is 0.0593 e. The van der Waals surface area contributed by atoms with Gasteiger partial charge in [0.05, 0.1) is 6.61 Å². The molecule has 1 rings (SSSR count). The van der Waals surface area contributed by atoms with Crippen molar-refractivity contribution < 1.29 is 4.74 Å². The fourth-order valence-electron chi connectivity index (χ4n) is 1.74. The molecule has 0 amide bonds. The van der Waals surface area contributed by atoms with Crippen molar-refractivity contribution in [3.63, 3.8) is 0 Å². The summed E-state index contributed by atoms with van der Waals surface area (Å²) >= 11 is 0. The number of ether oxygens (including phenoxy) is 1. The largest absolute Gasteiger partial charge is 0.380 e. The van der Waals surface area contributed by atoms with E-state index in [0.29, 0.717) is 12.1 Å². The number of rotatable bonds is 4. The highest BCUT2D eigenvalue weighted by Crippen LogP contribution is 2.04. The van der Waals surface area contributed by atoms with Gasteiger partial charge in [-0.05, 0) is 13.3 Å². The van der Waals surface area contributed by atoms with E-state index in [0.717, 1.165) is 26.3 Å². The first-order chi connectivity index (χ1) is 6.70. The summed E-state index contributed by atoms with van der Waals surface area (Å²) in [6.07, 6.45) is 1.17. The van der Waals surface area contributed by atoms with Gasteiger partial charge in [-0.3, -0.25) is 4.90 Å². The molecule has 1 heterocycles. The predicted molar refractivity (Wildman–Crippen MR) is 59.6 cm³/mol. The average molecular weight is 200 g/mol. The molecule has 84 valence electrons. The Hall–Kier alpha value is -0.120. The van der Waals surface area contributed by atoms with Gasteiger partial charge in [0.2, 0.25) is 0 Å². The van der Waals surface area contributed by atoms with Crippen molar-refractivity contribution in [2.24, 2.45) is 0 Å². The maximum absolute atomic E-state index is 5.44. The first-order valence-corrected chi connectivity index (χ1v) is 5.75. The van der Waals surface area contributed by atoms with Crippen molar-refractivity contribution in [3.8, 4) is 0 Å². The second-order valence-corrected chi connectivity index (χ2v) is 4.41. The van der Waals surface area contributed by atoms with Crippen LogP contribution in [0.15, 0.2) is 0 Å². The van der Waals surface area contributed by atoms with Gasteiger partial charge in [0.1, 0.15) is 0 Å². The van der Waals surface area contributed by atoms with Crippen molar-refractivity contribution in [2.75, 3.05) is 32.8 Å². The van der Waals surface area contributed by atoms with E-state index in [1.165, 1.54) is 13.0 Å². The van der Waals surface area contributed by atoms with Gasteiger partial charge in [0, 0.05) is 38.3 Å². The molecule has 14 heavy (non-hydrogen) atoms. The third kappa shape index (κ3) is 4.40. The minimum Gasteiger partial charge on any atom is -0.380 e. The van der Waals surface area contributed by atoms with Gasteiger partial charge in [-0.1, -0.05) is 13.8 Å². The van der Waals surface area contributed by atoms with Gasteiger partial charge in [0.15, 0.2) is 0 Å². The Morgan fingerprint density at radius 3 is 2.71 bits per heavy atom. The Bertz CT molecular complexity index is 142. The Balaban J connectivity index is 2.23. The van der Waals surface area contributed by atoms with E-state index < -0.39 is 0 Å². The van der Waals surface area contributed by atoms with Crippen molar-refractivity contribution in [2.45, 2.75) is 39.3 Å². The summed E-state index contributed by atoms with van der Waals surface area (Å²) in [6, 6.07) is 1.21. The van der Waals surface area contributed by atoms with Crippen LogP contribution < -0.4 is 5.32 Å². The zero-order valence-electron chi connectivity index (χ0n) is 9.75. The maximum atomic E-state index is 5.44. The van der Waals surface area contributed by atoms with Gasteiger partial charge in [0.25, 0.3) is 0 Å². The molecule has 1 atom stereocenters. The van der Waals surface area contributed by atoms with E-state index >= 15 is 0 Å². The van der Waals surface area contributed by atoms with Gasteiger partial charge < -0.3 is 10.1 Å². The monoisotopic (exact) mass is 200 g/mol. The van der Waals surface area contributed by atoms with E-state index in [1.807, 2.05) is 0 Å². The highest BCUT2D eigenvalue weighted by Gasteiger charge is 2.15. The summed E-state index contributed by atoms with van der Waals surface area (Å²) in [4.78, 5) is 2.52. The number of hydrogen-bond acceptors (Lipinski definition) is 3. The van der Waals surface area contributed by atoms with E-state index in [4.69, 9.17) is 4.74 Å². The molecule has 0 spiro atoms. The van der Waals surface area contributed by atoms with Crippen molar-refractivity contribution in [1.82, 2.24) is 10.2 Å². The second-order valence-electron chi connectivity index (χ2n) is 4.41. The molecule has 0 aromatic rings. The Kier molecular flexibility index (Phi) is 5.45. The third-order valence-corrected chi connectivity index (χ3v) is 2.70. The number of hydrogen-bond donors (Lipinski definition) is 1. The summed E-state index contributed by atoms with van der Waals surface area (Å²) in [5.41, 5.74) is 0. The molecule has 0 aliphatic carbocycles. The van der Waals surface area contributed by atoms with Crippen LogP contribution in [-0.2, 0) is 4.74 Å². The summed E-state index contributed by atoms with van der Waals surface area (Å²) in [6.45, 7) is 11.9. The van der Waals surface area contributed by atoms with Crippen LogP contribution in [0.25, 0.3) is 0 Å². The molecule has 0 aromatic carbocycles. The molecular formula is C11H24N2O. The highest BCUT2D eigenvalue weighted by molar-refractivity contribution is 4.72. The summed E-state index contributed by atoms with van der Waals surface area (Å²) in [5, 5.41) is 3.48. The lowest BCUT2D eigenvalue weighted by molar-refractivity contribution is 0.133. The van der Waals surface area contributed by atoms with Crippen molar-refractivity contribution >= 4 is 0 Å². The van der Waals surface area contributed by atoms with Crippen LogP contribution in [-0.4, -0.2) is 49.8 Å². The molecule has 0 bridgehead atoms. The van der Waals surface area contributed by atoms with Crippen LogP contribution in [0.1, 0.15) is 27.2 Å². The van der Waals surface area contributed by atoms with Crippen molar-refractivity contribution in [3.05, 3.63) is 0 Å². The van der Waals surface area contributed by atoms with Crippen LogP contribution in [0.3, 0.4) is 0 Å². The quantitative estimate of drug-likeness (QED) is 0.735. The zero-order valence-corrected chi connectivity index (χ0v) is 9.75. The Morgan fingerprint density at radius 1 is 1.21 bits per heavy atom. The second kappa shape index (κ2) is 6.38. The Labute approximate surface area is 87.8 Å². The molecule has 1 unspecified atom stereocenters. The summed E-state index contributed by atoms with van der Waals surface area (Å²) in [5.74, 6) is 0. The van der Waals surface area contributed by atoms with Gasteiger partial charge >= 0.3 is 0 Å². The molecule has 1 saturated heterocycles. The van der Waals surface area contributed by atoms with Gasteiger partial charge in [-0.25, -0.2) is 0 Å². The highest BCUT2D eigenvalue weighted by atomic mass is 16.5. The van der Waals surface area contributed by atoms with Crippen LogP contribution in [0, 0.1) is 0 Å². The number of nitrogens with one attached hydrogen (secondary N) is 1. The van der Waals surface area contributed by atoms with E-state index in [9.17, 15) is 0 Å². The van der Waals surface area contributed by atoms with Crippen LogP contribution in [0.5, 0.6) is 0 Å². The molecule has 3 heteroatoms. The van der Waals surface area contributed by atoms with E-state index in [1.54, 1.807) is 0 Å². The number of nitrogens with zero attached hydrogens (tertiary/aromatic N) is 1. The molecule has 1 aliphatic heterocycles. The fraction of sp³-hybridized carbons (Fsp3) is 1.00. The molecule has 0 radical (unpaired) electrons. The lowest BCUT2D eigenvalue weighted by Gasteiger charge is -2.27. The summed E-state index contributed by atoms with van der Waals surface area (Å²) < 4.78 is 5.44. The van der Waals surface area contributed by atoms with Gasteiger partial charge in [-0.2, -0.15) is 0 Å². The molecule has 1 fully saturated rings. The fourth-order valence-corrected chi connectivity index (χ4v) is 1.74. The van der Waals surface area contributed by atoms with Crippen LogP contribution >= 0.6 is 0 Å². The topological polar surface area (TPSA) is 24.5 Å². The van der Waals surface area contributed by atoms with Crippen LogP contribution in [0.4, 0.5) is 0 Å². The molecule has 0 aromatic heterocycles. The summed E-state index contributed by atoms with van der Waals surface area (Å²) in [7, 11) is 0. The van der Waals surface area contributed by atoms with E-state index in [2.05, 4.69) is 31.0 Å². The minimum atomic E-state index is 0.584. The SMILES string of the molecule is CC(C)NCC(C)N1CCCOCC1.